The molecule has 0 saturated carbocycles. The number of hydrogen-bond donors (Lipinski definition) is 3. The number of fused-ring (bicyclic) bond motifs is 1. The fraction of sp³-hybridized carbons (Fsp3) is 0. The number of carbonyl (C=O) groups excluding carboxylic acids is 1. The van der Waals surface area contributed by atoms with Gasteiger partial charge in [0.1, 0.15) is 0 Å². The van der Waals surface area contributed by atoms with Crippen molar-refractivity contribution in [2.75, 3.05) is 5.32 Å². The molecule has 0 unspecified atom stereocenters. The number of amides is 1. The van der Waals surface area contributed by atoms with Crippen molar-refractivity contribution in [1.82, 2.24) is 19.7 Å². The third-order valence-electron chi connectivity index (χ3n) is 3.89. The van der Waals surface area contributed by atoms with Crippen molar-refractivity contribution in [3.63, 3.8) is 0 Å². The lowest BCUT2D eigenvalue weighted by Gasteiger charge is -2.07. The quantitative estimate of drug-likeness (QED) is 0.501. The van der Waals surface area contributed by atoms with Gasteiger partial charge in [0.05, 0.1) is 33.5 Å². The number of halogens is 1. The lowest BCUT2D eigenvalue weighted by molar-refractivity contribution is 0.0696. The summed E-state index contributed by atoms with van der Waals surface area (Å²) in [5, 5.41) is 16.1. The Morgan fingerprint density at radius 2 is 1.93 bits per heavy atom. The van der Waals surface area contributed by atoms with Gasteiger partial charge in [-0.3, -0.25) is 4.79 Å². The van der Waals surface area contributed by atoms with Gasteiger partial charge in [-0.25, -0.2) is 14.5 Å². The first-order chi connectivity index (χ1) is 13.0. The van der Waals surface area contributed by atoms with Crippen molar-refractivity contribution in [2.45, 2.75) is 0 Å². The number of H-pyrrole nitrogens is 1. The molecule has 0 aliphatic carbocycles. The highest BCUT2D eigenvalue weighted by Gasteiger charge is 2.14. The Hall–Kier alpha value is -3.65. The largest absolute Gasteiger partial charge is 0.478 e. The van der Waals surface area contributed by atoms with Crippen LogP contribution in [-0.4, -0.2) is 36.7 Å². The van der Waals surface area contributed by atoms with E-state index in [1.807, 2.05) is 6.07 Å². The van der Waals surface area contributed by atoms with Gasteiger partial charge in [-0.05, 0) is 24.3 Å². The van der Waals surface area contributed by atoms with E-state index in [4.69, 9.17) is 16.7 Å². The molecule has 2 aromatic heterocycles. The number of rotatable bonds is 4. The number of carboxylic acids is 1. The Balaban J connectivity index is 1.66. The van der Waals surface area contributed by atoms with Crippen LogP contribution >= 0.6 is 11.6 Å². The number of carbonyl (C=O) groups is 2. The summed E-state index contributed by atoms with van der Waals surface area (Å²) in [6, 6.07) is 12.0. The van der Waals surface area contributed by atoms with E-state index in [9.17, 15) is 9.59 Å². The summed E-state index contributed by atoms with van der Waals surface area (Å²) in [5.74, 6) is -1.03. The Morgan fingerprint density at radius 1 is 1.15 bits per heavy atom. The van der Waals surface area contributed by atoms with E-state index in [1.54, 1.807) is 36.4 Å². The van der Waals surface area contributed by atoms with E-state index in [0.717, 1.165) is 0 Å². The number of carboxylic acid groups (broad SMARTS) is 1. The molecule has 27 heavy (non-hydrogen) atoms. The molecule has 0 aliphatic rings. The Morgan fingerprint density at radius 3 is 2.63 bits per heavy atom. The molecule has 0 atom stereocenters. The maximum Gasteiger partial charge on any atom is 0.338 e. The number of imidazole rings is 1. The molecule has 1 amide bonds. The van der Waals surface area contributed by atoms with Gasteiger partial charge in [0.2, 0.25) is 5.95 Å². The first-order valence-electron chi connectivity index (χ1n) is 7.85. The summed E-state index contributed by atoms with van der Waals surface area (Å²) >= 11 is 6.27. The minimum atomic E-state index is -1.08. The lowest BCUT2D eigenvalue weighted by atomic mass is 10.2. The van der Waals surface area contributed by atoms with Gasteiger partial charge in [0.25, 0.3) is 5.91 Å². The molecular weight excluding hydrogens is 370 g/mol. The zero-order chi connectivity index (χ0) is 19.0. The van der Waals surface area contributed by atoms with Crippen molar-refractivity contribution in [1.29, 1.82) is 0 Å². The van der Waals surface area contributed by atoms with Crippen molar-refractivity contribution in [3.8, 4) is 5.95 Å². The van der Waals surface area contributed by atoms with Crippen LogP contribution in [0.5, 0.6) is 0 Å². The van der Waals surface area contributed by atoms with Crippen LogP contribution in [0.3, 0.4) is 0 Å². The van der Waals surface area contributed by atoms with Gasteiger partial charge in [-0.15, -0.1) is 0 Å². The SMILES string of the molecule is O=C(O)c1cnn(-c2nc3cc(NC(=O)c4ccccc4)c(Cl)cc3[nH]2)c1. The molecule has 9 heteroatoms. The predicted molar refractivity (Wildman–Crippen MR) is 99.6 cm³/mol. The van der Waals surface area contributed by atoms with Gasteiger partial charge in [-0.2, -0.15) is 5.10 Å². The van der Waals surface area contributed by atoms with E-state index in [1.165, 1.54) is 17.1 Å². The summed E-state index contributed by atoms with van der Waals surface area (Å²) in [7, 11) is 0. The molecule has 8 nitrogen and oxygen atoms in total. The van der Waals surface area contributed by atoms with Crippen LogP contribution < -0.4 is 5.32 Å². The van der Waals surface area contributed by atoms with Crippen LogP contribution in [0, 0.1) is 0 Å². The number of nitrogens with zero attached hydrogens (tertiary/aromatic N) is 3. The second kappa shape index (κ2) is 6.58. The summed E-state index contributed by atoms with van der Waals surface area (Å²) < 4.78 is 1.32. The smallest absolute Gasteiger partial charge is 0.338 e. The minimum Gasteiger partial charge on any atom is -0.478 e. The lowest BCUT2D eigenvalue weighted by Crippen LogP contribution is -2.11. The minimum absolute atomic E-state index is 0.0457. The van der Waals surface area contributed by atoms with E-state index < -0.39 is 5.97 Å². The van der Waals surface area contributed by atoms with Gasteiger partial charge in [0, 0.05) is 11.8 Å². The summed E-state index contributed by atoms with van der Waals surface area (Å²) in [4.78, 5) is 30.7. The summed E-state index contributed by atoms with van der Waals surface area (Å²) in [5.41, 5.74) is 2.14. The molecule has 0 bridgehead atoms. The highest BCUT2D eigenvalue weighted by molar-refractivity contribution is 6.34. The van der Waals surface area contributed by atoms with Crippen LogP contribution in [0.4, 0.5) is 5.69 Å². The molecule has 0 saturated heterocycles. The number of benzene rings is 2. The number of aromatic carboxylic acids is 1. The van der Waals surface area contributed by atoms with E-state index in [2.05, 4.69) is 20.4 Å². The van der Waals surface area contributed by atoms with Gasteiger partial charge in [0.15, 0.2) is 0 Å². The van der Waals surface area contributed by atoms with Crippen molar-refractivity contribution < 1.29 is 14.7 Å². The van der Waals surface area contributed by atoms with Crippen LogP contribution in [0.25, 0.3) is 17.0 Å². The average molecular weight is 382 g/mol. The Bertz CT molecular complexity index is 1170. The van der Waals surface area contributed by atoms with Crippen LogP contribution in [-0.2, 0) is 0 Å². The number of hydrogen-bond acceptors (Lipinski definition) is 4. The van der Waals surface area contributed by atoms with Crippen LogP contribution in [0.1, 0.15) is 20.7 Å². The number of anilines is 1. The van der Waals surface area contributed by atoms with Gasteiger partial charge < -0.3 is 15.4 Å². The topological polar surface area (TPSA) is 113 Å². The van der Waals surface area contributed by atoms with Gasteiger partial charge >= 0.3 is 5.97 Å². The molecule has 4 rings (SSSR count). The molecule has 0 aliphatic heterocycles. The number of aromatic nitrogens is 4. The fourth-order valence-electron chi connectivity index (χ4n) is 2.55. The number of aromatic amines is 1. The van der Waals surface area contributed by atoms with Gasteiger partial charge in [-0.1, -0.05) is 29.8 Å². The summed E-state index contributed by atoms with van der Waals surface area (Å²) in [6.45, 7) is 0. The number of nitrogens with one attached hydrogen (secondary N) is 2. The first kappa shape index (κ1) is 16.8. The van der Waals surface area contributed by atoms with E-state index in [-0.39, 0.29) is 11.5 Å². The second-order valence-electron chi connectivity index (χ2n) is 5.71. The second-order valence-corrected chi connectivity index (χ2v) is 6.12. The molecule has 0 fully saturated rings. The molecule has 2 heterocycles. The molecule has 134 valence electrons. The van der Waals surface area contributed by atoms with Crippen LogP contribution in [0.15, 0.2) is 54.9 Å². The first-order valence-corrected chi connectivity index (χ1v) is 8.23. The predicted octanol–water partition coefficient (Wildman–Crippen LogP) is 3.35. The van der Waals surface area contributed by atoms with Crippen LogP contribution in [0.2, 0.25) is 5.02 Å². The molecule has 0 spiro atoms. The third kappa shape index (κ3) is 3.25. The molecule has 0 radical (unpaired) electrons. The van der Waals surface area contributed by atoms with Crippen molar-refractivity contribution in [2.24, 2.45) is 0 Å². The van der Waals surface area contributed by atoms with Crippen molar-refractivity contribution in [3.05, 3.63) is 71.0 Å². The maximum atomic E-state index is 12.3. The zero-order valence-electron chi connectivity index (χ0n) is 13.7. The maximum absolute atomic E-state index is 12.3. The normalized spacial score (nSPS) is 10.9. The molecule has 2 aromatic carbocycles. The Kier molecular flexibility index (Phi) is 4.09. The highest BCUT2D eigenvalue weighted by atomic mass is 35.5. The average Bonchev–Trinajstić information content (AvgIpc) is 3.29. The summed E-state index contributed by atoms with van der Waals surface area (Å²) in [6.07, 6.45) is 2.58. The Labute approximate surface area is 157 Å². The van der Waals surface area contributed by atoms with Crippen molar-refractivity contribution >= 4 is 40.2 Å². The van der Waals surface area contributed by atoms with E-state index >= 15 is 0 Å². The fourth-order valence-corrected chi connectivity index (χ4v) is 2.77. The zero-order valence-corrected chi connectivity index (χ0v) is 14.4. The standard InChI is InChI=1S/C18H12ClN5O3/c19-12-6-14-15(7-13(12)21-16(25)10-4-2-1-3-5-10)23-18(22-14)24-9-11(8-20-24)17(26)27/h1-9H,(H,21,25)(H,22,23)(H,26,27). The monoisotopic (exact) mass is 381 g/mol. The highest BCUT2D eigenvalue weighted by Crippen LogP contribution is 2.28. The third-order valence-corrected chi connectivity index (χ3v) is 4.20. The molecule has 3 N–H and O–H groups in total. The molecular formula is C18H12ClN5O3. The molecule has 4 aromatic rings. The van der Waals surface area contributed by atoms with E-state index in [0.29, 0.717) is 33.3 Å².